The average Bonchev–Trinajstić information content (AvgIpc) is 2.62. The van der Waals surface area contributed by atoms with E-state index in [1.807, 2.05) is 29.2 Å². The summed E-state index contributed by atoms with van der Waals surface area (Å²) in [4.78, 5) is 24.8. The Morgan fingerprint density at radius 2 is 1.78 bits per heavy atom. The van der Waals surface area contributed by atoms with Crippen molar-refractivity contribution in [3.05, 3.63) is 47.2 Å². The van der Waals surface area contributed by atoms with E-state index in [1.54, 1.807) is 18.5 Å². The Hall–Kier alpha value is -2.15. The second-order valence-electron chi connectivity index (χ2n) is 5.25. The topological polar surface area (TPSA) is 61.4 Å². The summed E-state index contributed by atoms with van der Waals surface area (Å²) in [5, 5.41) is 3.18. The van der Waals surface area contributed by atoms with Crippen LogP contribution in [0.1, 0.15) is 0 Å². The van der Waals surface area contributed by atoms with E-state index in [2.05, 4.69) is 36.1 Å². The van der Waals surface area contributed by atoms with Crippen molar-refractivity contribution in [1.29, 1.82) is 0 Å². The van der Waals surface area contributed by atoms with Gasteiger partial charge in [-0.3, -0.25) is 4.79 Å². The molecule has 3 rings (SSSR count). The molecule has 0 aliphatic carbocycles. The minimum absolute atomic E-state index is 0.106. The Kier molecular flexibility index (Phi) is 5.07. The first-order chi connectivity index (χ1) is 11.2. The number of hydrogen-bond acceptors (Lipinski definition) is 5. The third-order valence-corrected chi connectivity index (χ3v) is 4.46. The van der Waals surface area contributed by atoms with Gasteiger partial charge in [0.25, 0.3) is 0 Å². The molecule has 0 spiro atoms. The predicted molar refractivity (Wildman–Crippen MR) is 93.5 cm³/mol. The van der Waals surface area contributed by atoms with Crippen molar-refractivity contribution in [2.24, 2.45) is 0 Å². The number of carbonyl (C=O) groups is 1. The fourth-order valence-corrected chi connectivity index (χ4v) is 2.92. The van der Waals surface area contributed by atoms with Gasteiger partial charge < -0.3 is 15.1 Å². The summed E-state index contributed by atoms with van der Waals surface area (Å²) in [7, 11) is 0. The van der Waals surface area contributed by atoms with Gasteiger partial charge in [-0.05, 0) is 34.1 Å². The third-order valence-electron chi connectivity index (χ3n) is 3.77. The predicted octanol–water partition coefficient (Wildman–Crippen LogP) is 2.00. The number of aromatic nitrogens is 2. The number of para-hydroxylation sites is 1. The van der Waals surface area contributed by atoms with Crippen LogP contribution < -0.4 is 10.2 Å². The maximum Gasteiger partial charge on any atom is 0.241 e. The summed E-state index contributed by atoms with van der Waals surface area (Å²) in [5.41, 5.74) is 0.928. The fourth-order valence-electron chi connectivity index (χ4n) is 2.50. The number of piperazine rings is 1. The van der Waals surface area contributed by atoms with E-state index in [-0.39, 0.29) is 5.91 Å². The van der Waals surface area contributed by atoms with Gasteiger partial charge in [0.2, 0.25) is 11.9 Å². The molecule has 1 amide bonds. The van der Waals surface area contributed by atoms with Gasteiger partial charge in [-0.25, -0.2) is 9.97 Å². The minimum atomic E-state index is 0.106. The monoisotopic (exact) mass is 375 g/mol. The molecule has 2 heterocycles. The number of nitrogens with one attached hydrogen (secondary N) is 1. The van der Waals surface area contributed by atoms with Crippen LogP contribution in [0.3, 0.4) is 0 Å². The second-order valence-corrected chi connectivity index (χ2v) is 6.10. The highest BCUT2D eigenvalue weighted by Crippen LogP contribution is 2.21. The molecule has 2 aromatic rings. The number of amides is 1. The number of benzene rings is 1. The molecule has 6 nitrogen and oxygen atoms in total. The SMILES string of the molecule is O=C(CNc1ccccc1Br)N1CCN(c2ncccn2)CC1. The highest BCUT2D eigenvalue weighted by Gasteiger charge is 2.22. The van der Waals surface area contributed by atoms with Crippen LogP contribution in [0.2, 0.25) is 0 Å². The maximum absolute atomic E-state index is 12.3. The minimum Gasteiger partial charge on any atom is -0.375 e. The summed E-state index contributed by atoms with van der Waals surface area (Å²) in [5.74, 6) is 0.834. The number of halogens is 1. The van der Waals surface area contributed by atoms with Crippen LogP contribution in [0.15, 0.2) is 47.2 Å². The van der Waals surface area contributed by atoms with E-state index < -0.39 is 0 Å². The second kappa shape index (κ2) is 7.41. The lowest BCUT2D eigenvalue weighted by molar-refractivity contribution is -0.129. The van der Waals surface area contributed by atoms with Crippen LogP contribution >= 0.6 is 15.9 Å². The largest absolute Gasteiger partial charge is 0.375 e. The van der Waals surface area contributed by atoms with E-state index >= 15 is 0 Å². The standard InChI is InChI=1S/C16H18BrN5O/c17-13-4-1-2-5-14(13)20-12-15(23)21-8-10-22(11-9-21)16-18-6-3-7-19-16/h1-7,20H,8-12H2. The molecule has 0 radical (unpaired) electrons. The lowest BCUT2D eigenvalue weighted by atomic mass is 10.3. The zero-order valence-corrected chi connectivity index (χ0v) is 14.2. The number of carbonyl (C=O) groups excluding carboxylic acids is 1. The molecule has 120 valence electrons. The van der Waals surface area contributed by atoms with Crippen molar-refractivity contribution < 1.29 is 4.79 Å². The van der Waals surface area contributed by atoms with Gasteiger partial charge in [0, 0.05) is 48.7 Å². The van der Waals surface area contributed by atoms with Crippen LogP contribution in [-0.4, -0.2) is 53.5 Å². The van der Waals surface area contributed by atoms with E-state index in [9.17, 15) is 4.79 Å². The molecule has 1 aromatic carbocycles. The van der Waals surface area contributed by atoms with Gasteiger partial charge in [0.15, 0.2) is 0 Å². The zero-order chi connectivity index (χ0) is 16.1. The molecule has 0 atom stereocenters. The molecule has 7 heteroatoms. The Balaban J connectivity index is 1.50. The summed E-state index contributed by atoms with van der Waals surface area (Å²) < 4.78 is 0.957. The van der Waals surface area contributed by atoms with Gasteiger partial charge in [-0.2, -0.15) is 0 Å². The molecule has 0 bridgehead atoms. The summed E-state index contributed by atoms with van der Waals surface area (Å²) in [6.45, 7) is 3.18. The van der Waals surface area contributed by atoms with Crippen LogP contribution in [0, 0.1) is 0 Å². The van der Waals surface area contributed by atoms with Gasteiger partial charge in [-0.1, -0.05) is 12.1 Å². The molecule has 0 saturated carbocycles. The summed E-state index contributed by atoms with van der Waals surface area (Å²) in [6.07, 6.45) is 3.48. The van der Waals surface area contributed by atoms with Gasteiger partial charge >= 0.3 is 0 Å². The number of hydrogen-bond donors (Lipinski definition) is 1. The van der Waals surface area contributed by atoms with Gasteiger partial charge in [-0.15, -0.1) is 0 Å². The highest BCUT2D eigenvalue weighted by atomic mass is 79.9. The highest BCUT2D eigenvalue weighted by molar-refractivity contribution is 9.10. The van der Waals surface area contributed by atoms with Crippen LogP contribution in [-0.2, 0) is 4.79 Å². The Morgan fingerprint density at radius 3 is 2.48 bits per heavy atom. The average molecular weight is 376 g/mol. The molecule has 1 N–H and O–H groups in total. The number of nitrogens with zero attached hydrogens (tertiary/aromatic N) is 4. The van der Waals surface area contributed by atoms with Crippen LogP contribution in [0.4, 0.5) is 11.6 Å². The smallest absolute Gasteiger partial charge is 0.241 e. The first-order valence-corrected chi connectivity index (χ1v) is 8.31. The maximum atomic E-state index is 12.3. The fraction of sp³-hybridized carbons (Fsp3) is 0.312. The Bertz CT molecular complexity index is 659. The van der Waals surface area contributed by atoms with Crippen molar-refractivity contribution in [1.82, 2.24) is 14.9 Å². The van der Waals surface area contributed by atoms with Gasteiger partial charge in [0.1, 0.15) is 0 Å². The van der Waals surface area contributed by atoms with Gasteiger partial charge in [0.05, 0.1) is 6.54 Å². The first kappa shape index (κ1) is 15.7. The van der Waals surface area contributed by atoms with E-state index in [4.69, 9.17) is 0 Å². The zero-order valence-electron chi connectivity index (χ0n) is 12.7. The first-order valence-electron chi connectivity index (χ1n) is 7.52. The van der Waals surface area contributed by atoms with Crippen LogP contribution in [0.5, 0.6) is 0 Å². The molecular formula is C16H18BrN5O. The summed E-state index contributed by atoms with van der Waals surface area (Å²) >= 11 is 3.47. The molecule has 0 unspecified atom stereocenters. The van der Waals surface area contributed by atoms with Crippen molar-refractivity contribution >= 4 is 33.5 Å². The third kappa shape index (κ3) is 3.98. The number of rotatable bonds is 4. The van der Waals surface area contributed by atoms with Crippen molar-refractivity contribution in [2.45, 2.75) is 0 Å². The molecular weight excluding hydrogens is 358 g/mol. The van der Waals surface area contributed by atoms with Crippen molar-refractivity contribution in [2.75, 3.05) is 42.9 Å². The van der Waals surface area contributed by atoms with Crippen LogP contribution in [0.25, 0.3) is 0 Å². The molecule has 1 aliphatic rings. The van der Waals surface area contributed by atoms with E-state index in [0.29, 0.717) is 19.6 Å². The molecule has 1 saturated heterocycles. The molecule has 1 aromatic heterocycles. The molecule has 1 aliphatic heterocycles. The van der Waals surface area contributed by atoms with E-state index in [1.165, 1.54) is 0 Å². The van der Waals surface area contributed by atoms with E-state index in [0.717, 1.165) is 29.2 Å². The van der Waals surface area contributed by atoms with Crippen molar-refractivity contribution in [3.63, 3.8) is 0 Å². The van der Waals surface area contributed by atoms with Crippen molar-refractivity contribution in [3.8, 4) is 0 Å². The molecule has 23 heavy (non-hydrogen) atoms. The number of anilines is 2. The Labute approximate surface area is 143 Å². The normalized spacial score (nSPS) is 14.7. The summed E-state index contributed by atoms with van der Waals surface area (Å²) in [6, 6.07) is 9.59. The lowest BCUT2D eigenvalue weighted by Gasteiger charge is -2.34. The Morgan fingerprint density at radius 1 is 1.09 bits per heavy atom. The quantitative estimate of drug-likeness (QED) is 0.885. The molecule has 1 fully saturated rings. The lowest BCUT2D eigenvalue weighted by Crippen LogP contribution is -2.50.